The Morgan fingerprint density at radius 3 is 2.36 bits per heavy atom. The molecule has 0 saturated heterocycles. The molecule has 0 spiro atoms. The lowest BCUT2D eigenvalue weighted by Gasteiger charge is -2.20. The van der Waals surface area contributed by atoms with Gasteiger partial charge < -0.3 is 14.8 Å². The standard InChI is InChI=1S/C20H20ClNO2.ClH/c1-14(20(23)16-5-3-2-4-6-16)22-13-18-11-12-19(24-18)15-7-9-17(21)10-8-15;/h2-12,14,20,22-23H,13H2,1H3;1H. The topological polar surface area (TPSA) is 45.4 Å². The fourth-order valence-corrected chi connectivity index (χ4v) is 2.68. The van der Waals surface area contributed by atoms with Gasteiger partial charge in [0.25, 0.3) is 0 Å². The van der Waals surface area contributed by atoms with Crippen LogP contribution in [-0.4, -0.2) is 11.1 Å². The molecule has 0 saturated carbocycles. The van der Waals surface area contributed by atoms with Crippen molar-refractivity contribution in [3.05, 3.63) is 83.1 Å². The highest BCUT2D eigenvalue weighted by Gasteiger charge is 2.16. The summed E-state index contributed by atoms with van der Waals surface area (Å²) in [6, 6.07) is 21.0. The van der Waals surface area contributed by atoms with Gasteiger partial charge in [-0.1, -0.05) is 41.9 Å². The quantitative estimate of drug-likeness (QED) is 0.617. The molecular weight excluding hydrogens is 357 g/mol. The van der Waals surface area contributed by atoms with Gasteiger partial charge in [0.2, 0.25) is 0 Å². The first-order valence-corrected chi connectivity index (χ1v) is 8.32. The van der Waals surface area contributed by atoms with E-state index in [4.69, 9.17) is 16.0 Å². The molecule has 132 valence electrons. The summed E-state index contributed by atoms with van der Waals surface area (Å²) in [5.74, 6) is 1.63. The molecule has 0 aliphatic rings. The lowest BCUT2D eigenvalue weighted by molar-refractivity contribution is 0.134. The Morgan fingerprint density at radius 2 is 1.68 bits per heavy atom. The third-order valence-electron chi connectivity index (χ3n) is 4.00. The first-order chi connectivity index (χ1) is 11.6. The van der Waals surface area contributed by atoms with Crippen LogP contribution in [0.2, 0.25) is 5.02 Å². The zero-order valence-corrected chi connectivity index (χ0v) is 15.4. The fraction of sp³-hybridized carbons (Fsp3) is 0.200. The van der Waals surface area contributed by atoms with Crippen LogP contribution in [-0.2, 0) is 6.54 Å². The summed E-state index contributed by atoms with van der Waals surface area (Å²) in [6.45, 7) is 2.51. The van der Waals surface area contributed by atoms with Gasteiger partial charge in [-0.25, -0.2) is 0 Å². The van der Waals surface area contributed by atoms with E-state index in [2.05, 4.69) is 5.32 Å². The normalized spacial score (nSPS) is 13.1. The number of rotatable bonds is 6. The van der Waals surface area contributed by atoms with E-state index < -0.39 is 6.10 Å². The minimum Gasteiger partial charge on any atom is -0.460 e. The molecule has 2 atom stereocenters. The van der Waals surface area contributed by atoms with Crippen LogP contribution in [0.15, 0.2) is 71.1 Å². The highest BCUT2D eigenvalue weighted by Crippen LogP contribution is 2.24. The van der Waals surface area contributed by atoms with Gasteiger partial charge in [0.1, 0.15) is 11.5 Å². The average Bonchev–Trinajstić information content (AvgIpc) is 3.09. The first-order valence-electron chi connectivity index (χ1n) is 7.94. The summed E-state index contributed by atoms with van der Waals surface area (Å²) >= 11 is 5.90. The maximum Gasteiger partial charge on any atom is 0.134 e. The summed E-state index contributed by atoms with van der Waals surface area (Å²) in [4.78, 5) is 0. The van der Waals surface area contributed by atoms with Gasteiger partial charge in [-0.15, -0.1) is 12.4 Å². The van der Waals surface area contributed by atoms with Crippen molar-refractivity contribution < 1.29 is 9.52 Å². The van der Waals surface area contributed by atoms with Gasteiger partial charge in [-0.2, -0.15) is 0 Å². The molecule has 0 aliphatic heterocycles. The molecule has 25 heavy (non-hydrogen) atoms. The van der Waals surface area contributed by atoms with Crippen LogP contribution in [0.25, 0.3) is 11.3 Å². The number of aliphatic hydroxyl groups excluding tert-OH is 1. The lowest BCUT2D eigenvalue weighted by Crippen LogP contribution is -2.31. The highest BCUT2D eigenvalue weighted by atomic mass is 35.5. The van der Waals surface area contributed by atoms with Crippen LogP contribution in [0.3, 0.4) is 0 Å². The van der Waals surface area contributed by atoms with Crippen molar-refractivity contribution in [1.29, 1.82) is 0 Å². The molecule has 1 aromatic heterocycles. The summed E-state index contributed by atoms with van der Waals surface area (Å²) < 4.78 is 5.86. The maximum atomic E-state index is 10.4. The number of aliphatic hydroxyl groups is 1. The van der Waals surface area contributed by atoms with Crippen molar-refractivity contribution in [2.75, 3.05) is 0 Å². The van der Waals surface area contributed by atoms with E-state index in [-0.39, 0.29) is 18.4 Å². The molecule has 0 bridgehead atoms. The molecule has 3 rings (SSSR count). The van der Waals surface area contributed by atoms with Crippen molar-refractivity contribution in [2.45, 2.75) is 25.6 Å². The molecule has 1 heterocycles. The van der Waals surface area contributed by atoms with Crippen molar-refractivity contribution in [1.82, 2.24) is 5.32 Å². The summed E-state index contributed by atoms with van der Waals surface area (Å²) in [7, 11) is 0. The molecule has 3 aromatic rings. The second kappa shape index (κ2) is 9.07. The largest absolute Gasteiger partial charge is 0.460 e. The van der Waals surface area contributed by atoms with Crippen molar-refractivity contribution >= 4 is 24.0 Å². The maximum absolute atomic E-state index is 10.4. The van der Waals surface area contributed by atoms with Gasteiger partial charge >= 0.3 is 0 Å². The van der Waals surface area contributed by atoms with E-state index in [0.29, 0.717) is 11.6 Å². The molecule has 5 heteroatoms. The van der Waals surface area contributed by atoms with Crippen molar-refractivity contribution in [3.63, 3.8) is 0 Å². The zero-order valence-electron chi connectivity index (χ0n) is 13.9. The first kappa shape index (κ1) is 19.5. The summed E-state index contributed by atoms with van der Waals surface area (Å²) in [5.41, 5.74) is 1.89. The Kier molecular flexibility index (Phi) is 7.09. The van der Waals surface area contributed by atoms with E-state index >= 15 is 0 Å². The van der Waals surface area contributed by atoms with Crippen molar-refractivity contribution in [2.24, 2.45) is 0 Å². The fourth-order valence-electron chi connectivity index (χ4n) is 2.55. The Balaban J connectivity index is 0.00000225. The molecule has 2 aromatic carbocycles. The second-order valence-electron chi connectivity index (χ2n) is 5.80. The Bertz CT molecular complexity index is 772. The minimum absolute atomic E-state index is 0. The van der Waals surface area contributed by atoms with Crippen LogP contribution >= 0.6 is 24.0 Å². The van der Waals surface area contributed by atoms with Crippen molar-refractivity contribution in [3.8, 4) is 11.3 Å². The van der Waals surface area contributed by atoms with E-state index in [1.54, 1.807) is 0 Å². The molecule has 0 aliphatic carbocycles. The van der Waals surface area contributed by atoms with E-state index in [1.807, 2.05) is 73.7 Å². The number of hydrogen-bond donors (Lipinski definition) is 2. The van der Waals surface area contributed by atoms with E-state index in [0.717, 1.165) is 22.6 Å². The highest BCUT2D eigenvalue weighted by molar-refractivity contribution is 6.30. The van der Waals surface area contributed by atoms with Crippen LogP contribution in [0, 0.1) is 0 Å². The van der Waals surface area contributed by atoms with Gasteiger partial charge in [0.05, 0.1) is 12.6 Å². The van der Waals surface area contributed by atoms with Gasteiger partial charge in [0.15, 0.2) is 0 Å². The van der Waals surface area contributed by atoms with Gasteiger partial charge in [0, 0.05) is 16.6 Å². The number of furan rings is 1. The lowest BCUT2D eigenvalue weighted by atomic mass is 10.0. The zero-order chi connectivity index (χ0) is 16.9. The molecule has 2 unspecified atom stereocenters. The van der Waals surface area contributed by atoms with Gasteiger partial charge in [-0.05, 0) is 48.9 Å². The number of halogens is 2. The van der Waals surface area contributed by atoms with Crippen LogP contribution in [0.4, 0.5) is 0 Å². The van der Waals surface area contributed by atoms with E-state index in [9.17, 15) is 5.11 Å². The molecule has 0 fully saturated rings. The molecule has 2 N–H and O–H groups in total. The number of hydrogen-bond acceptors (Lipinski definition) is 3. The SMILES string of the molecule is CC(NCc1ccc(-c2ccc(Cl)cc2)o1)C(O)c1ccccc1.Cl. The predicted molar refractivity (Wildman–Crippen MR) is 104 cm³/mol. The predicted octanol–water partition coefficient (Wildman–Crippen LogP) is 5.23. The minimum atomic E-state index is -0.558. The molecule has 0 radical (unpaired) electrons. The number of benzene rings is 2. The Hall–Kier alpha value is -1.78. The molecule has 3 nitrogen and oxygen atoms in total. The third kappa shape index (κ3) is 5.10. The van der Waals surface area contributed by atoms with Crippen LogP contribution < -0.4 is 5.32 Å². The van der Waals surface area contributed by atoms with Crippen LogP contribution in [0.5, 0.6) is 0 Å². The second-order valence-corrected chi connectivity index (χ2v) is 6.23. The smallest absolute Gasteiger partial charge is 0.134 e. The number of nitrogens with one attached hydrogen (secondary N) is 1. The summed E-state index contributed by atoms with van der Waals surface area (Å²) in [5, 5.41) is 14.4. The molecule has 0 amide bonds. The van der Waals surface area contributed by atoms with Gasteiger partial charge in [-0.3, -0.25) is 0 Å². The Labute approximate surface area is 159 Å². The average molecular weight is 378 g/mol. The third-order valence-corrected chi connectivity index (χ3v) is 4.26. The molecular formula is C20H21Cl2NO2. The monoisotopic (exact) mass is 377 g/mol. The Morgan fingerprint density at radius 1 is 1.00 bits per heavy atom. The van der Waals surface area contributed by atoms with Crippen LogP contribution in [0.1, 0.15) is 24.4 Å². The summed E-state index contributed by atoms with van der Waals surface area (Å²) in [6.07, 6.45) is -0.558. The van der Waals surface area contributed by atoms with E-state index in [1.165, 1.54) is 0 Å².